The molecule has 0 aromatic heterocycles. The quantitative estimate of drug-likeness (QED) is 0.427. The summed E-state index contributed by atoms with van der Waals surface area (Å²) < 4.78 is 11.6. The van der Waals surface area contributed by atoms with Crippen molar-refractivity contribution >= 4 is 11.9 Å². The van der Waals surface area contributed by atoms with Crippen LogP contribution >= 0.6 is 0 Å². The van der Waals surface area contributed by atoms with E-state index in [-0.39, 0.29) is 51.7 Å². The smallest absolute Gasteiger partial charge is 0.334 e. The van der Waals surface area contributed by atoms with Crippen molar-refractivity contribution in [2.24, 2.45) is 45.3 Å². The molecule has 37 heavy (non-hydrogen) atoms. The summed E-state index contributed by atoms with van der Waals surface area (Å²) in [5.74, 6) is 1.64. The van der Waals surface area contributed by atoms with Crippen LogP contribution in [0.3, 0.4) is 0 Å². The Morgan fingerprint density at radius 3 is 2.32 bits per heavy atom. The van der Waals surface area contributed by atoms with Gasteiger partial charge < -0.3 is 14.6 Å². The average molecular weight is 515 g/mol. The fourth-order valence-corrected chi connectivity index (χ4v) is 10.9. The van der Waals surface area contributed by atoms with Crippen molar-refractivity contribution in [2.75, 3.05) is 0 Å². The van der Waals surface area contributed by atoms with Gasteiger partial charge in [0, 0.05) is 24.3 Å². The summed E-state index contributed by atoms with van der Waals surface area (Å²) in [7, 11) is 0. The van der Waals surface area contributed by atoms with Crippen molar-refractivity contribution in [1.82, 2.24) is 0 Å². The molecule has 5 heteroatoms. The van der Waals surface area contributed by atoms with Crippen LogP contribution in [0.1, 0.15) is 113 Å². The molecule has 0 spiro atoms. The number of cyclic esters (lactones) is 1. The minimum atomic E-state index is -0.858. The zero-order chi connectivity index (χ0) is 27.2. The Labute approximate surface area is 224 Å². The lowest BCUT2D eigenvalue weighted by atomic mass is 9.35. The first-order valence-corrected chi connectivity index (χ1v) is 14.9. The zero-order valence-electron chi connectivity index (χ0n) is 24.5. The van der Waals surface area contributed by atoms with Gasteiger partial charge in [0.1, 0.15) is 12.2 Å². The molecule has 5 aliphatic rings. The topological polar surface area (TPSA) is 72.8 Å². The lowest BCUT2D eigenvalue weighted by Gasteiger charge is -2.69. The van der Waals surface area contributed by atoms with Gasteiger partial charge in [-0.1, -0.05) is 34.6 Å². The molecule has 0 amide bonds. The Morgan fingerprint density at radius 1 is 1.00 bits per heavy atom. The van der Waals surface area contributed by atoms with Gasteiger partial charge >= 0.3 is 11.9 Å². The summed E-state index contributed by atoms with van der Waals surface area (Å²) in [6.07, 6.45) is 11.2. The molecule has 0 aromatic carbocycles. The lowest BCUT2D eigenvalue weighted by Crippen LogP contribution is -2.64. The molecule has 1 aliphatic heterocycles. The normalized spacial score (nSPS) is 46.8. The second-order valence-electron chi connectivity index (χ2n) is 15.4. The lowest BCUT2D eigenvalue weighted by molar-refractivity contribution is -0.226. The van der Waals surface area contributed by atoms with Gasteiger partial charge in [-0.15, -0.1) is 0 Å². The van der Waals surface area contributed by atoms with Crippen LogP contribution in [0.2, 0.25) is 0 Å². The van der Waals surface area contributed by atoms with Crippen LogP contribution in [0.25, 0.3) is 0 Å². The van der Waals surface area contributed by atoms with E-state index in [4.69, 9.17) is 9.47 Å². The van der Waals surface area contributed by atoms with E-state index >= 15 is 0 Å². The maximum Gasteiger partial charge on any atom is 0.334 e. The second kappa shape index (κ2) is 8.57. The number of ether oxygens (including phenoxy) is 2. The Morgan fingerprint density at radius 2 is 1.68 bits per heavy atom. The van der Waals surface area contributed by atoms with Crippen molar-refractivity contribution in [3.05, 3.63) is 11.6 Å². The number of hydrogen-bond donors (Lipinski definition) is 1. The van der Waals surface area contributed by atoms with Crippen molar-refractivity contribution < 1.29 is 24.2 Å². The van der Waals surface area contributed by atoms with Crippen LogP contribution in [-0.2, 0) is 19.1 Å². The van der Waals surface area contributed by atoms with Gasteiger partial charge in [-0.05, 0) is 111 Å². The molecule has 4 fully saturated rings. The summed E-state index contributed by atoms with van der Waals surface area (Å²) in [6, 6.07) is 0. The van der Waals surface area contributed by atoms with Crippen molar-refractivity contribution in [1.29, 1.82) is 0 Å². The van der Waals surface area contributed by atoms with Crippen LogP contribution in [0.4, 0.5) is 0 Å². The van der Waals surface area contributed by atoms with Crippen molar-refractivity contribution in [3.8, 4) is 0 Å². The van der Waals surface area contributed by atoms with Crippen molar-refractivity contribution in [3.63, 3.8) is 0 Å². The van der Waals surface area contributed by atoms with E-state index in [9.17, 15) is 14.7 Å². The second-order valence-corrected chi connectivity index (χ2v) is 15.4. The maximum atomic E-state index is 13.0. The van der Waals surface area contributed by atoms with Gasteiger partial charge in [-0.3, -0.25) is 4.79 Å². The predicted molar refractivity (Wildman–Crippen MR) is 143 cm³/mol. The number of carbonyl (C=O) groups is 2. The molecule has 5 rings (SSSR count). The summed E-state index contributed by atoms with van der Waals surface area (Å²) in [4.78, 5) is 24.9. The standard InChI is InChI=1S/C32H50O5/c1-19(33)36-26-13-14-30(6)24(29(26,4)5)12-16-32(8)25(30)10-9-23-21(11-15-31(23,32)7)22-17-20(37-27(22)34)18-28(2,3)35/h17,20-21,23-26,35H,9-16,18H2,1-8H3. The van der Waals surface area contributed by atoms with Crippen LogP contribution < -0.4 is 0 Å². The maximum absolute atomic E-state index is 13.0. The molecule has 1 N–H and O–H groups in total. The van der Waals surface area contributed by atoms with Crippen molar-refractivity contribution in [2.45, 2.75) is 131 Å². The van der Waals surface area contributed by atoms with E-state index in [0.29, 0.717) is 24.2 Å². The van der Waals surface area contributed by atoms with Gasteiger partial charge in [-0.2, -0.15) is 0 Å². The first-order chi connectivity index (χ1) is 17.0. The van der Waals surface area contributed by atoms with Gasteiger partial charge in [0.05, 0.1) is 5.60 Å². The van der Waals surface area contributed by atoms with Gasteiger partial charge in [0.15, 0.2) is 0 Å². The molecule has 4 aliphatic carbocycles. The highest BCUT2D eigenvalue weighted by Gasteiger charge is 2.69. The average Bonchev–Trinajstić information content (AvgIpc) is 3.28. The Balaban J connectivity index is 1.41. The molecule has 5 nitrogen and oxygen atoms in total. The Bertz CT molecular complexity index is 990. The number of carbonyl (C=O) groups excluding carboxylic acids is 2. The highest BCUT2D eigenvalue weighted by Crippen LogP contribution is 2.75. The highest BCUT2D eigenvalue weighted by molar-refractivity contribution is 5.91. The molecule has 0 radical (unpaired) electrons. The fraction of sp³-hybridized carbons (Fsp3) is 0.875. The summed E-state index contributed by atoms with van der Waals surface area (Å²) >= 11 is 0. The third kappa shape index (κ3) is 4.03. The monoisotopic (exact) mass is 514 g/mol. The van der Waals surface area contributed by atoms with E-state index < -0.39 is 5.60 Å². The van der Waals surface area contributed by atoms with Crippen LogP contribution in [0, 0.1) is 45.3 Å². The molecule has 0 bridgehead atoms. The number of aliphatic hydroxyl groups is 1. The minimum absolute atomic E-state index is 0.00683. The molecule has 208 valence electrons. The predicted octanol–water partition coefficient (Wildman–Crippen LogP) is 6.62. The van der Waals surface area contributed by atoms with Crippen LogP contribution in [-0.4, -0.2) is 34.9 Å². The van der Waals surface area contributed by atoms with Crippen LogP contribution in [0.5, 0.6) is 0 Å². The summed E-state index contributed by atoms with van der Waals surface area (Å²) in [6.45, 7) is 17.5. The number of rotatable bonds is 4. The largest absolute Gasteiger partial charge is 0.462 e. The van der Waals surface area contributed by atoms with Gasteiger partial charge in [0.2, 0.25) is 0 Å². The third-order valence-electron chi connectivity index (χ3n) is 12.6. The molecule has 0 aromatic rings. The molecule has 9 unspecified atom stereocenters. The van der Waals surface area contributed by atoms with E-state index in [1.165, 1.54) is 19.3 Å². The molecule has 9 atom stereocenters. The number of fused-ring (bicyclic) bond motifs is 5. The first kappa shape index (κ1) is 27.2. The Hall–Kier alpha value is -1.36. The molecule has 1 heterocycles. The van der Waals surface area contributed by atoms with Crippen LogP contribution in [0.15, 0.2) is 11.6 Å². The summed E-state index contributed by atoms with van der Waals surface area (Å²) in [5, 5.41) is 10.3. The fourth-order valence-electron chi connectivity index (χ4n) is 10.9. The molecular weight excluding hydrogens is 464 g/mol. The third-order valence-corrected chi connectivity index (χ3v) is 12.6. The van der Waals surface area contributed by atoms with Gasteiger partial charge in [-0.25, -0.2) is 4.79 Å². The van der Waals surface area contributed by atoms with E-state index in [1.807, 2.05) is 6.08 Å². The van der Waals surface area contributed by atoms with E-state index in [1.54, 1.807) is 20.8 Å². The highest BCUT2D eigenvalue weighted by atomic mass is 16.6. The van der Waals surface area contributed by atoms with E-state index in [0.717, 1.165) is 37.7 Å². The Kier molecular flexibility index (Phi) is 6.30. The number of esters is 2. The SMILES string of the molecule is CC(=O)OC1CCC2(C)C(CCC3(C)C2CCC2C(C4=CC(CC(C)(C)O)OC4=O)CCC23C)C1(C)C. The molecule has 4 saturated carbocycles. The first-order valence-electron chi connectivity index (χ1n) is 14.9. The van der Waals surface area contributed by atoms with Gasteiger partial charge in [0.25, 0.3) is 0 Å². The number of hydrogen-bond acceptors (Lipinski definition) is 5. The molecular formula is C32H50O5. The minimum Gasteiger partial charge on any atom is -0.462 e. The summed E-state index contributed by atoms with van der Waals surface area (Å²) in [5.41, 5.74) is 0.666. The zero-order valence-corrected chi connectivity index (χ0v) is 24.5. The van der Waals surface area contributed by atoms with E-state index in [2.05, 4.69) is 34.6 Å². The molecule has 0 saturated heterocycles.